The average molecular weight is 102 g/mol. The zero-order valence-electron chi connectivity index (χ0n) is 2.85. The Balaban J connectivity index is 3.69. The second-order valence-electron chi connectivity index (χ2n) is 0.600. The van der Waals surface area contributed by atoms with Crippen molar-refractivity contribution >= 4 is 37.4 Å². The first-order valence-electron chi connectivity index (χ1n) is 1.17. The predicted molar refractivity (Wildman–Crippen MR) is 34.3 cm³/mol. The van der Waals surface area contributed by atoms with Crippen LogP contribution in [0.5, 0.6) is 0 Å². The van der Waals surface area contributed by atoms with Crippen molar-refractivity contribution in [3.05, 3.63) is 0 Å². The predicted octanol–water partition coefficient (Wildman–Crippen LogP) is 0.413. The molecule has 0 aromatic rings. The minimum atomic E-state index is -0.501. The molecule has 3 heteroatoms. The zero-order valence-corrected chi connectivity index (χ0v) is 4.56. The fourth-order valence-corrected chi connectivity index (χ4v) is 0. The molecule has 1 unspecified atom stereocenters. The maximum absolute atomic E-state index is 4.62. The monoisotopic (exact) mass is 102 g/mol. The molecular formula is C2H4BPS. The van der Waals surface area contributed by atoms with Crippen LogP contribution in [0.1, 0.15) is 0 Å². The van der Waals surface area contributed by atoms with Crippen LogP contribution in [0.15, 0.2) is 0 Å². The molecule has 0 amide bonds. The molecule has 0 aromatic heterocycles. The van der Waals surface area contributed by atoms with Crippen molar-refractivity contribution in [1.29, 1.82) is 0 Å². The molecule has 0 aliphatic heterocycles. The Bertz CT molecular complexity index is 85.8. The van der Waals surface area contributed by atoms with Gasteiger partial charge in [-0.2, -0.15) is 0 Å². The first-order valence-corrected chi connectivity index (χ1v) is 3.77. The molecule has 0 fully saturated rings. The van der Waals surface area contributed by atoms with Gasteiger partial charge in [0.15, 0.2) is 0 Å². The van der Waals surface area contributed by atoms with E-state index in [4.69, 9.17) is 0 Å². The van der Waals surface area contributed by atoms with Gasteiger partial charge in [-0.15, -0.1) is 0 Å². The van der Waals surface area contributed by atoms with Crippen LogP contribution in [-0.4, -0.2) is 19.4 Å². The van der Waals surface area contributed by atoms with Crippen molar-refractivity contribution in [2.24, 2.45) is 0 Å². The normalized spacial score (nSPS) is 9.20. The van der Waals surface area contributed by atoms with Crippen molar-refractivity contribution in [2.75, 3.05) is 0 Å². The van der Waals surface area contributed by atoms with E-state index in [-0.39, 0.29) is 0 Å². The summed E-state index contributed by atoms with van der Waals surface area (Å²) >= 11 is 4.62. The molecule has 0 rings (SSSR count). The van der Waals surface area contributed by atoms with Crippen LogP contribution in [0.2, 0.25) is 0 Å². The molecule has 0 N–H and O–H groups in total. The quantitative estimate of drug-likeness (QED) is 0.341. The molecular weight excluding hydrogens is 97.9 g/mol. The van der Waals surface area contributed by atoms with Crippen LogP contribution in [0.25, 0.3) is 0 Å². The molecule has 0 heterocycles. The molecule has 5 heavy (non-hydrogen) atoms. The first kappa shape index (κ1) is 5.32. The summed E-state index contributed by atoms with van der Waals surface area (Å²) in [7, 11) is 0. The van der Waals surface area contributed by atoms with E-state index in [1.165, 1.54) is 0 Å². The molecule has 0 aliphatic rings. The molecule has 0 nitrogen and oxygen atoms in total. The average Bonchev–Trinajstić information content (AvgIpc) is 1.38. The van der Waals surface area contributed by atoms with E-state index in [0.717, 1.165) is 0 Å². The second kappa shape index (κ2) is 2.56. The molecule has 0 aliphatic carbocycles. The van der Waals surface area contributed by atoms with Crippen molar-refractivity contribution in [1.82, 2.24) is 0 Å². The third-order valence-corrected chi connectivity index (χ3v) is 1.06. The molecule has 0 aromatic carbocycles. The van der Waals surface area contributed by atoms with Crippen LogP contribution in [-0.2, 0) is 11.8 Å². The minimum absolute atomic E-state index is 0.501. The Hall–Kier alpha value is 0.325. The van der Waals surface area contributed by atoms with Crippen molar-refractivity contribution < 1.29 is 0 Å². The topological polar surface area (TPSA) is 0 Å². The zero-order chi connectivity index (χ0) is 4.28. The Kier molecular flexibility index (Phi) is 2.72. The fraction of sp³-hybridized carbons (Fsp3) is 0. The molecule has 0 saturated carbocycles. The second-order valence-corrected chi connectivity index (χ2v) is 3.21. The summed E-state index contributed by atoms with van der Waals surface area (Å²) in [6, 6.07) is 0. The summed E-state index contributed by atoms with van der Waals surface area (Å²) in [6.07, 6.45) is 3.02. The van der Waals surface area contributed by atoms with Gasteiger partial charge in [0.1, 0.15) is 0 Å². The van der Waals surface area contributed by atoms with E-state index in [1.54, 1.807) is 6.64 Å². The van der Waals surface area contributed by atoms with Crippen LogP contribution >= 0.6 is 6.20 Å². The Morgan fingerprint density at radius 3 is 2.00 bits per heavy atom. The van der Waals surface area contributed by atoms with Gasteiger partial charge in [0.2, 0.25) is 0 Å². The fourth-order valence-electron chi connectivity index (χ4n) is 0. The van der Waals surface area contributed by atoms with Crippen molar-refractivity contribution in [3.63, 3.8) is 0 Å². The van der Waals surface area contributed by atoms with E-state index in [0.29, 0.717) is 0 Å². The van der Waals surface area contributed by atoms with Crippen molar-refractivity contribution in [3.8, 4) is 0 Å². The SMILES string of the molecule is C=BP(=C)=S. The number of hydrogen-bond acceptors (Lipinski definition) is 1. The molecule has 0 radical (unpaired) electrons. The van der Waals surface area contributed by atoms with Gasteiger partial charge in [-0.05, 0) is 0 Å². The number of hydrogen-bond donors (Lipinski definition) is 0. The summed E-state index contributed by atoms with van der Waals surface area (Å²) in [5.41, 5.74) is 0. The van der Waals surface area contributed by atoms with Crippen LogP contribution in [0, 0.1) is 0 Å². The summed E-state index contributed by atoms with van der Waals surface area (Å²) in [6.45, 7) is 5.11. The van der Waals surface area contributed by atoms with E-state index in [1.807, 2.05) is 0 Å². The summed E-state index contributed by atoms with van der Waals surface area (Å²) < 4.78 is 0. The van der Waals surface area contributed by atoms with Gasteiger partial charge in [0.05, 0.1) is 0 Å². The van der Waals surface area contributed by atoms with Gasteiger partial charge < -0.3 is 0 Å². The van der Waals surface area contributed by atoms with E-state index in [9.17, 15) is 0 Å². The van der Waals surface area contributed by atoms with Gasteiger partial charge in [0, 0.05) is 0 Å². The first-order chi connectivity index (χ1) is 2.27. The van der Waals surface area contributed by atoms with Crippen molar-refractivity contribution in [2.45, 2.75) is 0 Å². The standard InChI is InChI=1S/C2H4BPS/c1-3-4(2)5/h1-2H2. The van der Waals surface area contributed by atoms with Gasteiger partial charge in [-0.25, -0.2) is 0 Å². The summed E-state index contributed by atoms with van der Waals surface area (Å²) in [5, 5.41) is 0. The summed E-state index contributed by atoms with van der Waals surface area (Å²) in [4.78, 5) is 0. The van der Waals surface area contributed by atoms with Crippen LogP contribution in [0.3, 0.4) is 0 Å². The molecule has 26 valence electrons. The third-order valence-electron chi connectivity index (χ3n) is 0.204. The van der Waals surface area contributed by atoms with Crippen LogP contribution in [0.4, 0.5) is 0 Å². The van der Waals surface area contributed by atoms with E-state index in [2.05, 4.69) is 24.6 Å². The number of rotatable bonds is 1. The molecule has 0 saturated heterocycles. The van der Waals surface area contributed by atoms with Gasteiger partial charge >= 0.3 is 37.4 Å². The third kappa shape index (κ3) is 4.32. The molecule has 0 spiro atoms. The molecule has 0 bridgehead atoms. The van der Waals surface area contributed by atoms with Gasteiger partial charge in [-0.1, -0.05) is 0 Å². The Morgan fingerprint density at radius 2 is 2.00 bits per heavy atom. The van der Waals surface area contributed by atoms with Gasteiger partial charge in [-0.3, -0.25) is 0 Å². The van der Waals surface area contributed by atoms with Gasteiger partial charge in [0.25, 0.3) is 0 Å². The molecule has 1 atom stereocenters. The Morgan fingerprint density at radius 1 is 1.80 bits per heavy atom. The summed E-state index contributed by atoms with van der Waals surface area (Å²) in [5.74, 6) is 0. The maximum atomic E-state index is 4.62. The van der Waals surface area contributed by atoms with E-state index < -0.39 is 6.20 Å². The van der Waals surface area contributed by atoms with E-state index >= 15 is 0 Å². The van der Waals surface area contributed by atoms with Crippen LogP contribution < -0.4 is 0 Å². The Labute approximate surface area is 38.1 Å².